The maximum atomic E-state index is 10.6. The highest BCUT2D eigenvalue weighted by Gasteiger charge is 2.18. The molecule has 6 nitrogen and oxygen atoms in total. The second-order valence-electron chi connectivity index (χ2n) is 6.45. The maximum Gasteiger partial charge on any atom is 0.305 e. The fourth-order valence-corrected chi connectivity index (χ4v) is 3.70. The molecule has 2 aromatic carbocycles. The third kappa shape index (κ3) is 5.45. The van der Waals surface area contributed by atoms with Crippen LogP contribution in [0, 0.1) is 0 Å². The Kier molecular flexibility index (Phi) is 6.86. The summed E-state index contributed by atoms with van der Waals surface area (Å²) in [6.45, 7) is 0. The molecule has 7 heteroatoms. The van der Waals surface area contributed by atoms with E-state index in [0.717, 1.165) is 22.5 Å². The minimum Gasteiger partial charge on any atom is -0.481 e. The van der Waals surface area contributed by atoms with E-state index in [-0.39, 0.29) is 12.8 Å². The van der Waals surface area contributed by atoms with Crippen molar-refractivity contribution < 1.29 is 20.1 Å². The molecular weight excluding hydrogens is 376 g/mol. The first-order valence-electron chi connectivity index (χ1n) is 8.94. The summed E-state index contributed by atoms with van der Waals surface area (Å²) in [6, 6.07) is 19.7. The number of aliphatic hydroxyl groups is 2. The molecule has 1 aromatic heterocycles. The minimum atomic E-state index is -1.08. The van der Waals surface area contributed by atoms with Gasteiger partial charge in [0, 0.05) is 23.3 Å². The van der Waals surface area contributed by atoms with Gasteiger partial charge in [0.15, 0.2) is 5.16 Å². The van der Waals surface area contributed by atoms with Gasteiger partial charge < -0.3 is 20.3 Å². The maximum absolute atomic E-state index is 10.6. The van der Waals surface area contributed by atoms with Gasteiger partial charge in [0.2, 0.25) is 0 Å². The Labute approximate surface area is 167 Å². The standard InChI is InChI=1S/C21H22N2O4S/c24-16(12-18(26)27)11-17(25)13-28-21-22-19(14-7-3-1-4-8-14)20(23-21)15-9-5-2-6-10-15/h1-10,16-17,24-25H,11-13H2,(H,22,23)(H,26,27). The lowest BCUT2D eigenvalue weighted by atomic mass is 10.1. The number of aliphatic hydroxyl groups excluding tert-OH is 2. The number of carboxylic acid groups (broad SMARTS) is 1. The Morgan fingerprint density at radius 3 is 2.18 bits per heavy atom. The summed E-state index contributed by atoms with van der Waals surface area (Å²) >= 11 is 1.34. The van der Waals surface area contributed by atoms with Gasteiger partial charge in [-0.25, -0.2) is 4.98 Å². The number of nitrogens with zero attached hydrogens (tertiary/aromatic N) is 1. The number of carbonyl (C=O) groups is 1. The predicted octanol–water partition coefficient (Wildman–Crippen LogP) is 3.42. The van der Waals surface area contributed by atoms with Crippen LogP contribution in [0.3, 0.4) is 0 Å². The number of carboxylic acids is 1. The first-order valence-corrected chi connectivity index (χ1v) is 9.93. The highest BCUT2D eigenvalue weighted by atomic mass is 32.2. The largest absolute Gasteiger partial charge is 0.481 e. The van der Waals surface area contributed by atoms with Crippen LogP contribution < -0.4 is 0 Å². The lowest BCUT2D eigenvalue weighted by molar-refractivity contribution is -0.139. The minimum absolute atomic E-state index is 0.0110. The molecule has 0 aliphatic rings. The summed E-state index contributed by atoms with van der Waals surface area (Å²) < 4.78 is 0. The van der Waals surface area contributed by atoms with Gasteiger partial charge in [-0.1, -0.05) is 72.4 Å². The molecule has 0 bridgehead atoms. The fourth-order valence-electron chi connectivity index (χ4n) is 2.88. The van der Waals surface area contributed by atoms with Crippen molar-refractivity contribution in [3.8, 4) is 22.5 Å². The molecule has 0 amide bonds. The summed E-state index contributed by atoms with van der Waals surface area (Å²) in [5, 5.41) is 29.1. The van der Waals surface area contributed by atoms with Crippen molar-refractivity contribution >= 4 is 17.7 Å². The number of hydrogen-bond acceptors (Lipinski definition) is 5. The second-order valence-corrected chi connectivity index (χ2v) is 7.46. The highest BCUT2D eigenvalue weighted by Crippen LogP contribution is 2.32. The van der Waals surface area contributed by atoms with Gasteiger partial charge in [-0.05, 0) is 0 Å². The van der Waals surface area contributed by atoms with Crippen LogP contribution in [0.5, 0.6) is 0 Å². The molecule has 0 saturated heterocycles. The summed E-state index contributed by atoms with van der Waals surface area (Å²) in [7, 11) is 0. The normalized spacial score (nSPS) is 13.2. The molecule has 0 aliphatic carbocycles. The molecule has 4 N–H and O–H groups in total. The quantitative estimate of drug-likeness (QED) is 0.412. The molecule has 1 heterocycles. The summed E-state index contributed by atoms with van der Waals surface area (Å²) in [6.07, 6.45) is -2.26. The van der Waals surface area contributed by atoms with Crippen molar-refractivity contribution in [3.63, 3.8) is 0 Å². The molecular formula is C21H22N2O4S. The van der Waals surface area contributed by atoms with Crippen molar-refractivity contribution in [2.75, 3.05) is 5.75 Å². The van der Waals surface area contributed by atoms with E-state index in [2.05, 4.69) is 4.98 Å². The lowest BCUT2D eigenvalue weighted by Gasteiger charge is -2.13. The number of thioether (sulfide) groups is 1. The number of imidazole rings is 1. The molecule has 2 atom stereocenters. The van der Waals surface area contributed by atoms with Crippen molar-refractivity contribution in [2.45, 2.75) is 30.2 Å². The number of aromatic amines is 1. The molecule has 146 valence electrons. The first kappa shape index (κ1) is 20.1. The van der Waals surface area contributed by atoms with E-state index in [4.69, 9.17) is 10.1 Å². The molecule has 28 heavy (non-hydrogen) atoms. The van der Waals surface area contributed by atoms with Gasteiger partial charge in [-0.3, -0.25) is 4.79 Å². The predicted molar refractivity (Wildman–Crippen MR) is 109 cm³/mol. The Bertz CT molecular complexity index is 842. The van der Waals surface area contributed by atoms with Crippen molar-refractivity contribution in [1.82, 2.24) is 9.97 Å². The van der Waals surface area contributed by atoms with E-state index in [9.17, 15) is 15.0 Å². The van der Waals surface area contributed by atoms with Gasteiger partial charge in [-0.2, -0.15) is 0 Å². The lowest BCUT2D eigenvalue weighted by Crippen LogP contribution is -2.22. The van der Waals surface area contributed by atoms with Crippen LogP contribution >= 0.6 is 11.8 Å². The van der Waals surface area contributed by atoms with Crippen LogP contribution in [0.4, 0.5) is 0 Å². The van der Waals surface area contributed by atoms with Gasteiger partial charge in [0.1, 0.15) is 0 Å². The van der Waals surface area contributed by atoms with Crippen LogP contribution in [-0.4, -0.2) is 49.2 Å². The molecule has 0 spiro atoms. The molecule has 0 radical (unpaired) electrons. The van der Waals surface area contributed by atoms with E-state index >= 15 is 0 Å². The van der Waals surface area contributed by atoms with Gasteiger partial charge in [-0.15, -0.1) is 0 Å². The Morgan fingerprint density at radius 1 is 0.964 bits per heavy atom. The smallest absolute Gasteiger partial charge is 0.305 e. The summed E-state index contributed by atoms with van der Waals surface area (Å²) in [5.74, 6) is -0.787. The first-order chi connectivity index (χ1) is 13.5. The van der Waals surface area contributed by atoms with Crippen molar-refractivity contribution in [1.29, 1.82) is 0 Å². The Morgan fingerprint density at radius 2 is 1.57 bits per heavy atom. The number of benzene rings is 2. The monoisotopic (exact) mass is 398 g/mol. The van der Waals surface area contributed by atoms with E-state index in [0.29, 0.717) is 10.9 Å². The summed E-state index contributed by atoms with van der Waals surface area (Å²) in [4.78, 5) is 18.6. The number of nitrogens with one attached hydrogen (secondary N) is 1. The zero-order valence-electron chi connectivity index (χ0n) is 15.2. The average molecular weight is 398 g/mol. The van der Waals surface area contributed by atoms with Crippen molar-refractivity contribution in [3.05, 3.63) is 60.7 Å². The van der Waals surface area contributed by atoms with Crippen LogP contribution in [0.1, 0.15) is 12.8 Å². The molecule has 3 aromatic rings. The van der Waals surface area contributed by atoms with E-state index < -0.39 is 18.2 Å². The van der Waals surface area contributed by atoms with Gasteiger partial charge in [0.05, 0.1) is 30.0 Å². The SMILES string of the molecule is O=C(O)CC(O)CC(O)CSc1nc(-c2ccccc2)c(-c2ccccc2)[nH]1. The van der Waals surface area contributed by atoms with Gasteiger partial charge in [0.25, 0.3) is 0 Å². The van der Waals surface area contributed by atoms with Crippen LogP contribution in [0.15, 0.2) is 65.8 Å². The van der Waals surface area contributed by atoms with Crippen LogP contribution in [0.2, 0.25) is 0 Å². The van der Waals surface area contributed by atoms with E-state index in [1.165, 1.54) is 11.8 Å². The number of H-pyrrole nitrogens is 1. The van der Waals surface area contributed by atoms with Crippen LogP contribution in [0.25, 0.3) is 22.5 Å². The topological polar surface area (TPSA) is 106 Å². The average Bonchev–Trinajstić information content (AvgIpc) is 3.11. The van der Waals surface area contributed by atoms with E-state index in [1.54, 1.807) is 0 Å². The zero-order valence-corrected chi connectivity index (χ0v) is 16.0. The molecule has 0 saturated carbocycles. The third-order valence-corrected chi connectivity index (χ3v) is 5.18. The number of rotatable bonds is 9. The Balaban J connectivity index is 1.75. The molecule has 0 fully saturated rings. The fraction of sp³-hybridized carbons (Fsp3) is 0.238. The Hall–Kier alpha value is -2.61. The van der Waals surface area contributed by atoms with E-state index in [1.807, 2.05) is 60.7 Å². The number of hydrogen-bond donors (Lipinski definition) is 4. The highest BCUT2D eigenvalue weighted by molar-refractivity contribution is 7.99. The number of aromatic nitrogens is 2. The molecule has 3 rings (SSSR count). The van der Waals surface area contributed by atoms with Crippen molar-refractivity contribution in [2.24, 2.45) is 0 Å². The molecule has 0 aliphatic heterocycles. The third-order valence-electron chi connectivity index (χ3n) is 4.16. The van der Waals surface area contributed by atoms with Gasteiger partial charge >= 0.3 is 5.97 Å². The zero-order chi connectivity index (χ0) is 19.9. The number of aliphatic carboxylic acids is 1. The second kappa shape index (κ2) is 9.54. The molecule has 2 unspecified atom stereocenters. The summed E-state index contributed by atoms with van der Waals surface area (Å²) in [5.41, 5.74) is 3.73. The van der Waals surface area contributed by atoms with Crippen LogP contribution in [-0.2, 0) is 4.79 Å².